The van der Waals surface area contributed by atoms with Crippen molar-refractivity contribution in [1.29, 1.82) is 0 Å². The van der Waals surface area contributed by atoms with Gasteiger partial charge in [-0.1, -0.05) is 5.11 Å². The molecule has 3 rings (SSSR count). The third-order valence-electron chi connectivity index (χ3n) is 4.65. The smallest absolute Gasteiger partial charge is 0.381 e. The first-order valence-corrected chi connectivity index (χ1v) is 12.8. The number of alkyl halides is 1. The van der Waals surface area contributed by atoms with Gasteiger partial charge < -0.3 is 35.2 Å². The van der Waals surface area contributed by atoms with Crippen molar-refractivity contribution in [3.05, 3.63) is 32.9 Å². The van der Waals surface area contributed by atoms with Crippen molar-refractivity contribution in [2.75, 3.05) is 12.3 Å². The molecule has 7 atom stereocenters. The van der Waals surface area contributed by atoms with Crippen LogP contribution in [0.1, 0.15) is 6.23 Å². The molecule has 3 unspecified atom stereocenters. The van der Waals surface area contributed by atoms with Gasteiger partial charge in [-0.3, -0.25) is 9.09 Å². The van der Waals surface area contributed by atoms with Crippen LogP contribution in [-0.4, -0.2) is 64.3 Å². The average molecular weight is 556 g/mol. The molecule has 7 N–H and O–H groups in total. The van der Waals surface area contributed by atoms with Crippen LogP contribution >= 0.6 is 23.5 Å². The second-order valence-electron chi connectivity index (χ2n) is 6.75. The number of nitrogens with zero attached hydrogens (tertiary/aromatic N) is 5. The molecule has 0 amide bonds. The first-order chi connectivity index (χ1) is 15.4. The Labute approximate surface area is 184 Å². The van der Waals surface area contributed by atoms with Crippen molar-refractivity contribution in [3.8, 4) is 0 Å². The Morgan fingerprint density at radius 3 is 2.47 bits per heavy atom. The van der Waals surface area contributed by atoms with Crippen molar-refractivity contribution < 1.29 is 65.0 Å². The molecule has 2 fully saturated rings. The van der Waals surface area contributed by atoms with Gasteiger partial charge in [-0.25, -0.2) is 27.3 Å². The predicted molar refractivity (Wildman–Crippen MR) is 98.3 cm³/mol. The van der Waals surface area contributed by atoms with Crippen LogP contribution in [-0.2, 0) is 31.6 Å². The molecule has 0 spiro atoms. The summed E-state index contributed by atoms with van der Waals surface area (Å²) in [6.07, 6.45) is -6.81. The minimum Gasteiger partial charge on any atom is -0.381 e. The first kappa shape index (κ1) is 26.8. The number of azide groups is 1. The fraction of sp³-hybridized carbons (Fsp3) is 0.600. The predicted octanol–water partition coefficient (Wildman–Crippen LogP) is -0.663. The maximum atomic E-state index is 15.2. The van der Waals surface area contributed by atoms with Crippen molar-refractivity contribution in [1.82, 2.24) is 9.55 Å². The quantitative estimate of drug-likeness (QED) is 0.0952. The molecule has 2 heterocycles. The van der Waals surface area contributed by atoms with E-state index in [0.29, 0.717) is 6.20 Å². The SMILES string of the molecule is [N-]=[N+]=NC[C@]12O[C@@H](n3cc(F)c(N)nc3=O)[C@H](F)[C@@]1(O)C2OP(=O)(O)OP(=O)(O)OP(=O)(O)O. The summed E-state index contributed by atoms with van der Waals surface area (Å²) in [4.78, 5) is 53.3. The number of hydrogen-bond donors (Lipinski definition) is 6. The third-order valence-corrected chi connectivity index (χ3v) is 8.46. The summed E-state index contributed by atoms with van der Waals surface area (Å²) in [5.41, 5.74) is 6.83. The summed E-state index contributed by atoms with van der Waals surface area (Å²) >= 11 is 0. The number of halogens is 2. The molecule has 1 saturated carbocycles. The second kappa shape index (κ2) is 8.39. The molecular weight excluding hydrogens is 543 g/mol. The number of nitrogens with two attached hydrogens (primary N) is 1. The van der Waals surface area contributed by atoms with Crippen LogP contribution in [0.3, 0.4) is 0 Å². The summed E-state index contributed by atoms with van der Waals surface area (Å²) in [5, 5.41) is 13.8. The Hall–Kier alpha value is -1.82. The molecule has 1 saturated heterocycles. The van der Waals surface area contributed by atoms with E-state index in [-0.39, 0.29) is 4.57 Å². The maximum Gasteiger partial charge on any atom is 0.490 e. The standard InChI is InChI=1S/C10H13F2N6O13P3/c11-3-1-18(8(19)16-5(3)13)6-4(12)10(20)7(9(10,28-6)2-15-17-14)29-33(24,25)31-34(26,27)30-32(21,22)23/h1,4,6-7,20H,2H2,(H,24,25)(H,26,27)(H2,13,16,19)(H2,21,22,23)/t4-,6+,7?,9+,10+/m0/s1. The van der Waals surface area contributed by atoms with Gasteiger partial charge in [0.2, 0.25) is 0 Å². The molecule has 0 aromatic carbocycles. The molecule has 0 radical (unpaired) electrons. The number of nitrogen functional groups attached to an aromatic ring is 1. The van der Waals surface area contributed by atoms with Crippen LogP contribution in [0.2, 0.25) is 0 Å². The number of phosphoric acid groups is 3. The van der Waals surface area contributed by atoms with Gasteiger partial charge in [0.05, 0.1) is 12.7 Å². The molecule has 1 aliphatic carbocycles. The normalized spacial score (nSPS) is 33.9. The Balaban J connectivity index is 1.91. The summed E-state index contributed by atoms with van der Waals surface area (Å²) in [5.74, 6) is -2.12. The molecule has 1 aromatic rings. The molecule has 24 heteroatoms. The Kier molecular flexibility index (Phi) is 6.61. The van der Waals surface area contributed by atoms with Gasteiger partial charge in [0.1, 0.15) is 11.7 Å². The number of fused-ring (bicyclic) bond motifs is 1. The molecule has 1 aliphatic heterocycles. The maximum absolute atomic E-state index is 15.2. The van der Waals surface area contributed by atoms with E-state index in [9.17, 15) is 37.8 Å². The molecule has 2 aliphatic rings. The lowest BCUT2D eigenvalue weighted by Gasteiger charge is -2.24. The van der Waals surface area contributed by atoms with Gasteiger partial charge in [-0.15, -0.1) is 0 Å². The summed E-state index contributed by atoms with van der Waals surface area (Å²) in [6.45, 7) is -1.02. The minimum absolute atomic E-state index is 0.236. The van der Waals surface area contributed by atoms with Gasteiger partial charge in [-0.05, 0) is 5.53 Å². The zero-order valence-electron chi connectivity index (χ0n) is 15.9. The molecule has 1 aromatic heterocycles. The van der Waals surface area contributed by atoms with Crippen molar-refractivity contribution in [3.63, 3.8) is 0 Å². The van der Waals surface area contributed by atoms with E-state index in [1.807, 2.05) is 0 Å². The zero-order chi connectivity index (χ0) is 25.9. The van der Waals surface area contributed by atoms with E-state index in [0.717, 1.165) is 0 Å². The number of anilines is 1. The third kappa shape index (κ3) is 4.67. The fourth-order valence-corrected chi connectivity index (χ4v) is 6.58. The van der Waals surface area contributed by atoms with Gasteiger partial charge in [0.15, 0.2) is 29.6 Å². The van der Waals surface area contributed by atoms with Gasteiger partial charge in [-0.2, -0.15) is 13.6 Å². The fourth-order valence-electron chi connectivity index (χ4n) is 3.33. The number of rotatable bonds is 9. The minimum atomic E-state index is -5.96. The number of hydrogen-bond acceptors (Lipinski definition) is 12. The van der Waals surface area contributed by atoms with E-state index in [1.54, 1.807) is 0 Å². The molecule has 0 bridgehead atoms. The summed E-state index contributed by atoms with van der Waals surface area (Å²) in [6, 6.07) is 0. The lowest BCUT2D eigenvalue weighted by atomic mass is 10.1. The number of aliphatic hydroxyl groups is 1. The van der Waals surface area contributed by atoms with Gasteiger partial charge in [0.25, 0.3) is 0 Å². The van der Waals surface area contributed by atoms with Crippen LogP contribution in [0.4, 0.5) is 14.6 Å². The topological polar surface area (TPSA) is 299 Å². The highest BCUT2D eigenvalue weighted by Gasteiger charge is 2.90. The van der Waals surface area contributed by atoms with Crippen LogP contribution in [0, 0.1) is 5.82 Å². The van der Waals surface area contributed by atoms with Crippen LogP contribution < -0.4 is 11.4 Å². The highest BCUT2D eigenvalue weighted by molar-refractivity contribution is 7.66. The van der Waals surface area contributed by atoms with Crippen molar-refractivity contribution >= 4 is 29.3 Å². The Morgan fingerprint density at radius 2 is 1.91 bits per heavy atom. The van der Waals surface area contributed by atoms with E-state index in [1.165, 1.54) is 0 Å². The molecule has 19 nitrogen and oxygen atoms in total. The average Bonchev–Trinajstić information content (AvgIpc) is 3.03. The largest absolute Gasteiger partial charge is 0.490 e. The van der Waals surface area contributed by atoms with Gasteiger partial charge in [0, 0.05) is 4.91 Å². The monoisotopic (exact) mass is 556 g/mol. The van der Waals surface area contributed by atoms with Crippen LogP contribution in [0.25, 0.3) is 10.4 Å². The highest BCUT2D eigenvalue weighted by atomic mass is 31.3. The summed E-state index contributed by atoms with van der Waals surface area (Å²) in [7, 11) is -17.6. The lowest BCUT2D eigenvalue weighted by Crippen LogP contribution is -2.39. The molecule has 34 heavy (non-hydrogen) atoms. The van der Waals surface area contributed by atoms with Crippen LogP contribution in [0.5, 0.6) is 0 Å². The Bertz CT molecular complexity index is 1270. The van der Waals surface area contributed by atoms with E-state index < -0.39 is 77.0 Å². The molecule has 190 valence electrons. The number of phosphoric ester groups is 1. The van der Waals surface area contributed by atoms with E-state index >= 15 is 4.39 Å². The highest BCUT2D eigenvalue weighted by Crippen LogP contribution is 2.72. The molecular formula is C10H13F2N6O13P3. The van der Waals surface area contributed by atoms with Crippen molar-refractivity contribution in [2.45, 2.75) is 29.7 Å². The summed E-state index contributed by atoms with van der Waals surface area (Å²) < 4.78 is 80.0. The zero-order valence-corrected chi connectivity index (χ0v) is 18.6. The van der Waals surface area contributed by atoms with Crippen molar-refractivity contribution in [2.24, 2.45) is 5.11 Å². The Morgan fingerprint density at radius 1 is 1.29 bits per heavy atom. The first-order valence-electron chi connectivity index (χ1n) is 8.30. The van der Waals surface area contributed by atoms with Gasteiger partial charge >= 0.3 is 29.2 Å². The van der Waals surface area contributed by atoms with Crippen LogP contribution in [0.15, 0.2) is 16.1 Å². The number of ether oxygens (including phenoxy) is 1. The lowest BCUT2D eigenvalue weighted by molar-refractivity contribution is -0.0890. The second-order valence-corrected chi connectivity index (χ2v) is 11.1. The number of aromatic nitrogens is 2. The van der Waals surface area contributed by atoms with E-state index in [4.69, 9.17) is 25.8 Å². The van der Waals surface area contributed by atoms with E-state index in [2.05, 4.69) is 28.2 Å².